The van der Waals surface area contributed by atoms with Crippen LogP contribution in [0.25, 0.3) is 0 Å². The van der Waals surface area contributed by atoms with Gasteiger partial charge >= 0.3 is 0 Å². The molecule has 12 heavy (non-hydrogen) atoms. The minimum Gasteiger partial charge on any atom is -0.427 e. The first kappa shape index (κ1) is 8.93. The Hall–Kier alpha value is -1.16. The first-order valence-electron chi connectivity index (χ1n) is 3.97. The van der Waals surface area contributed by atoms with Gasteiger partial charge in [-0.2, -0.15) is 0 Å². The summed E-state index contributed by atoms with van der Waals surface area (Å²) in [5, 5.41) is 7.41. The fraction of sp³-hybridized carbons (Fsp3) is 0.500. The standard InChI is InChI=1S/C8H13N3O/c1-2-7(4-3-5-9)8-11-10-6-12-8/h2,6-7H,1,3-5,9H2. The molecule has 1 atom stereocenters. The molecule has 0 saturated heterocycles. The zero-order chi connectivity index (χ0) is 8.81. The molecule has 0 aliphatic heterocycles. The fourth-order valence-electron chi connectivity index (χ4n) is 1.02. The molecular weight excluding hydrogens is 154 g/mol. The van der Waals surface area contributed by atoms with Crippen molar-refractivity contribution in [2.75, 3.05) is 6.54 Å². The number of allylic oxidation sites excluding steroid dienone is 1. The highest BCUT2D eigenvalue weighted by atomic mass is 16.4. The number of hydrogen-bond acceptors (Lipinski definition) is 4. The lowest BCUT2D eigenvalue weighted by molar-refractivity contribution is 0.459. The lowest BCUT2D eigenvalue weighted by Gasteiger charge is -2.04. The van der Waals surface area contributed by atoms with E-state index < -0.39 is 0 Å². The highest BCUT2D eigenvalue weighted by molar-refractivity contribution is 4.99. The normalized spacial score (nSPS) is 12.8. The maximum atomic E-state index is 5.38. The largest absolute Gasteiger partial charge is 0.427 e. The van der Waals surface area contributed by atoms with Crippen LogP contribution in [0.3, 0.4) is 0 Å². The van der Waals surface area contributed by atoms with E-state index in [1.165, 1.54) is 6.39 Å². The van der Waals surface area contributed by atoms with Crippen LogP contribution in [0.4, 0.5) is 0 Å². The Kier molecular flexibility index (Phi) is 3.47. The van der Waals surface area contributed by atoms with Crippen LogP contribution in [-0.4, -0.2) is 16.7 Å². The summed E-state index contributed by atoms with van der Waals surface area (Å²) in [5.74, 6) is 0.773. The third-order valence-corrected chi connectivity index (χ3v) is 1.70. The van der Waals surface area contributed by atoms with E-state index in [1.54, 1.807) is 0 Å². The summed E-state index contributed by atoms with van der Waals surface area (Å²) >= 11 is 0. The Balaban J connectivity index is 2.51. The SMILES string of the molecule is C=CC(CCCN)c1nnco1. The Morgan fingerprint density at radius 3 is 3.08 bits per heavy atom. The molecule has 0 fully saturated rings. The highest BCUT2D eigenvalue weighted by Gasteiger charge is 2.11. The molecule has 0 aliphatic rings. The predicted molar refractivity (Wildman–Crippen MR) is 45.5 cm³/mol. The molecule has 0 amide bonds. The number of hydrogen-bond donors (Lipinski definition) is 1. The van der Waals surface area contributed by atoms with E-state index in [1.807, 2.05) is 6.08 Å². The van der Waals surface area contributed by atoms with Gasteiger partial charge in [0.25, 0.3) is 0 Å². The molecule has 1 unspecified atom stereocenters. The minimum atomic E-state index is 0.149. The zero-order valence-electron chi connectivity index (χ0n) is 6.94. The van der Waals surface area contributed by atoms with Gasteiger partial charge in [0.2, 0.25) is 12.3 Å². The molecule has 0 radical (unpaired) electrons. The van der Waals surface area contributed by atoms with Crippen molar-refractivity contribution in [1.82, 2.24) is 10.2 Å². The van der Waals surface area contributed by atoms with Crippen molar-refractivity contribution in [3.63, 3.8) is 0 Å². The second-order valence-corrected chi connectivity index (χ2v) is 2.55. The second-order valence-electron chi connectivity index (χ2n) is 2.55. The number of aromatic nitrogens is 2. The van der Waals surface area contributed by atoms with Gasteiger partial charge in [-0.1, -0.05) is 6.08 Å². The van der Waals surface area contributed by atoms with Crippen LogP contribution in [0, 0.1) is 0 Å². The predicted octanol–water partition coefficient (Wildman–Crippen LogP) is 1.08. The van der Waals surface area contributed by atoms with Gasteiger partial charge in [-0.05, 0) is 19.4 Å². The van der Waals surface area contributed by atoms with E-state index in [0.717, 1.165) is 12.8 Å². The Morgan fingerprint density at radius 2 is 2.58 bits per heavy atom. The molecule has 0 aliphatic carbocycles. The third kappa shape index (κ3) is 2.17. The molecule has 1 rings (SSSR count). The maximum absolute atomic E-state index is 5.38. The topological polar surface area (TPSA) is 64.9 Å². The molecule has 0 spiro atoms. The smallest absolute Gasteiger partial charge is 0.223 e. The van der Waals surface area contributed by atoms with Crippen LogP contribution in [0.2, 0.25) is 0 Å². The van der Waals surface area contributed by atoms with Crippen LogP contribution in [0.1, 0.15) is 24.7 Å². The third-order valence-electron chi connectivity index (χ3n) is 1.70. The zero-order valence-corrected chi connectivity index (χ0v) is 6.94. The van der Waals surface area contributed by atoms with Gasteiger partial charge in [0.05, 0.1) is 5.92 Å². The molecule has 0 bridgehead atoms. The van der Waals surface area contributed by atoms with Gasteiger partial charge in [-0.25, -0.2) is 0 Å². The highest BCUT2D eigenvalue weighted by Crippen LogP contribution is 2.18. The fourth-order valence-corrected chi connectivity index (χ4v) is 1.02. The van der Waals surface area contributed by atoms with Crippen LogP contribution in [-0.2, 0) is 0 Å². The van der Waals surface area contributed by atoms with Crippen molar-refractivity contribution < 1.29 is 4.42 Å². The van der Waals surface area contributed by atoms with Gasteiger partial charge < -0.3 is 10.2 Å². The van der Waals surface area contributed by atoms with Gasteiger partial charge in [0, 0.05) is 0 Å². The molecule has 1 aromatic heterocycles. The number of nitrogens with two attached hydrogens (primary N) is 1. The molecule has 0 saturated carbocycles. The van der Waals surface area contributed by atoms with E-state index in [-0.39, 0.29) is 5.92 Å². The maximum Gasteiger partial charge on any atom is 0.223 e. The van der Waals surface area contributed by atoms with Gasteiger partial charge in [0.1, 0.15) is 0 Å². The molecule has 1 heterocycles. The molecule has 0 aromatic carbocycles. The number of nitrogens with zero attached hydrogens (tertiary/aromatic N) is 2. The Bertz CT molecular complexity index is 220. The minimum absolute atomic E-state index is 0.149. The average molecular weight is 167 g/mol. The van der Waals surface area contributed by atoms with E-state index in [4.69, 9.17) is 10.2 Å². The van der Waals surface area contributed by atoms with Crippen molar-refractivity contribution in [2.24, 2.45) is 5.73 Å². The quantitative estimate of drug-likeness (QED) is 0.666. The summed E-state index contributed by atoms with van der Waals surface area (Å²) in [5.41, 5.74) is 5.38. The van der Waals surface area contributed by atoms with E-state index in [9.17, 15) is 0 Å². The molecule has 4 heteroatoms. The molecular formula is C8H13N3O. The van der Waals surface area contributed by atoms with E-state index in [2.05, 4.69) is 16.8 Å². The van der Waals surface area contributed by atoms with Crippen molar-refractivity contribution in [3.8, 4) is 0 Å². The van der Waals surface area contributed by atoms with Crippen LogP contribution >= 0.6 is 0 Å². The molecule has 66 valence electrons. The van der Waals surface area contributed by atoms with E-state index in [0.29, 0.717) is 12.4 Å². The summed E-state index contributed by atoms with van der Waals surface area (Å²) in [7, 11) is 0. The summed E-state index contributed by atoms with van der Waals surface area (Å²) in [6.45, 7) is 4.38. The lowest BCUT2D eigenvalue weighted by Crippen LogP contribution is -2.02. The lowest BCUT2D eigenvalue weighted by atomic mass is 10.0. The number of rotatable bonds is 5. The Labute approximate surface area is 71.5 Å². The first-order valence-corrected chi connectivity index (χ1v) is 3.97. The van der Waals surface area contributed by atoms with Gasteiger partial charge in [0.15, 0.2) is 0 Å². The van der Waals surface area contributed by atoms with Crippen LogP contribution in [0.5, 0.6) is 0 Å². The first-order chi connectivity index (χ1) is 5.88. The summed E-state index contributed by atoms with van der Waals surface area (Å²) in [6, 6.07) is 0. The van der Waals surface area contributed by atoms with Crippen molar-refractivity contribution in [1.29, 1.82) is 0 Å². The Morgan fingerprint density at radius 1 is 1.75 bits per heavy atom. The average Bonchev–Trinajstić information content (AvgIpc) is 2.59. The van der Waals surface area contributed by atoms with Crippen molar-refractivity contribution >= 4 is 0 Å². The van der Waals surface area contributed by atoms with Gasteiger partial charge in [-0.15, -0.1) is 16.8 Å². The van der Waals surface area contributed by atoms with Gasteiger partial charge in [-0.3, -0.25) is 0 Å². The second kappa shape index (κ2) is 4.66. The van der Waals surface area contributed by atoms with Crippen LogP contribution in [0.15, 0.2) is 23.5 Å². The molecule has 1 aromatic rings. The monoisotopic (exact) mass is 167 g/mol. The van der Waals surface area contributed by atoms with Crippen LogP contribution < -0.4 is 5.73 Å². The van der Waals surface area contributed by atoms with Crippen molar-refractivity contribution in [2.45, 2.75) is 18.8 Å². The summed E-state index contributed by atoms with van der Waals surface area (Å²) in [4.78, 5) is 0. The summed E-state index contributed by atoms with van der Waals surface area (Å²) in [6.07, 6.45) is 5.00. The molecule has 2 N–H and O–H groups in total. The van der Waals surface area contributed by atoms with E-state index >= 15 is 0 Å². The molecule has 4 nitrogen and oxygen atoms in total. The summed E-state index contributed by atoms with van der Waals surface area (Å²) < 4.78 is 5.05. The van der Waals surface area contributed by atoms with Crippen molar-refractivity contribution in [3.05, 3.63) is 24.9 Å².